The first-order valence-corrected chi connectivity index (χ1v) is 4.98. The summed E-state index contributed by atoms with van der Waals surface area (Å²) in [4.78, 5) is 10.6. The van der Waals surface area contributed by atoms with Gasteiger partial charge in [-0.3, -0.25) is 0 Å². The molecule has 1 N–H and O–H groups in total. The Kier molecular flexibility index (Phi) is 3.06. The van der Waals surface area contributed by atoms with Crippen LogP contribution in [0, 0.1) is 17.5 Å². The number of carboxylic acids is 1. The van der Waals surface area contributed by atoms with E-state index in [9.17, 15) is 18.0 Å². The quantitative estimate of drug-likeness (QED) is 0.888. The highest BCUT2D eigenvalue weighted by atomic mass is 19.2. The van der Waals surface area contributed by atoms with Crippen LogP contribution in [0.25, 0.3) is 11.1 Å². The third-order valence-electron chi connectivity index (χ3n) is 2.45. The lowest BCUT2D eigenvalue weighted by Crippen LogP contribution is -2.03. The molecule has 0 aliphatic rings. The molecule has 5 heteroatoms. The third-order valence-corrected chi connectivity index (χ3v) is 2.45. The van der Waals surface area contributed by atoms with E-state index in [-0.39, 0.29) is 11.1 Å². The molecule has 0 saturated carbocycles. The summed E-state index contributed by atoms with van der Waals surface area (Å²) in [6, 6.07) is 7.02. The summed E-state index contributed by atoms with van der Waals surface area (Å²) < 4.78 is 40.1. The topological polar surface area (TPSA) is 37.3 Å². The molecule has 0 radical (unpaired) electrons. The van der Waals surface area contributed by atoms with Crippen molar-refractivity contribution in [3.8, 4) is 11.1 Å². The van der Waals surface area contributed by atoms with Crippen LogP contribution in [0.1, 0.15) is 10.4 Å². The standard InChI is InChI=1S/C13H7F3O2/c14-8-3-1-2-7(6-8)9-4-5-10(13(17)18)12(16)11(9)15/h1-6H,(H,17,18). The molecule has 2 aromatic rings. The Morgan fingerprint density at radius 2 is 1.72 bits per heavy atom. The zero-order valence-electron chi connectivity index (χ0n) is 8.95. The Morgan fingerprint density at radius 3 is 2.33 bits per heavy atom. The number of aromatic carboxylic acids is 1. The van der Waals surface area contributed by atoms with Crippen molar-refractivity contribution in [1.29, 1.82) is 0 Å². The fraction of sp³-hybridized carbons (Fsp3) is 0. The van der Waals surface area contributed by atoms with Crippen LogP contribution in [0.2, 0.25) is 0 Å². The van der Waals surface area contributed by atoms with Gasteiger partial charge in [0.2, 0.25) is 0 Å². The summed E-state index contributed by atoms with van der Waals surface area (Å²) in [5.41, 5.74) is -0.798. The predicted molar refractivity (Wildman–Crippen MR) is 58.7 cm³/mol. The maximum Gasteiger partial charge on any atom is 0.338 e. The molecular formula is C13H7F3O2. The molecule has 0 saturated heterocycles. The summed E-state index contributed by atoms with van der Waals surface area (Å²) in [6.07, 6.45) is 0. The van der Waals surface area contributed by atoms with E-state index in [1.165, 1.54) is 18.2 Å². The second-order valence-corrected chi connectivity index (χ2v) is 3.60. The van der Waals surface area contributed by atoms with Crippen LogP contribution in [-0.2, 0) is 0 Å². The van der Waals surface area contributed by atoms with Crippen LogP contribution in [0.15, 0.2) is 36.4 Å². The molecule has 0 amide bonds. The fourth-order valence-electron chi connectivity index (χ4n) is 1.59. The number of halogens is 3. The molecular weight excluding hydrogens is 245 g/mol. The van der Waals surface area contributed by atoms with E-state index in [4.69, 9.17) is 5.11 Å². The van der Waals surface area contributed by atoms with Crippen molar-refractivity contribution in [2.75, 3.05) is 0 Å². The van der Waals surface area contributed by atoms with Gasteiger partial charge in [0.15, 0.2) is 11.6 Å². The lowest BCUT2D eigenvalue weighted by Gasteiger charge is -2.06. The van der Waals surface area contributed by atoms with Gasteiger partial charge in [0, 0.05) is 5.56 Å². The van der Waals surface area contributed by atoms with E-state index >= 15 is 0 Å². The molecule has 0 heterocycles. The van der Waals surface area contributed by atoms with Crippen molar-refractivity contribution in [1.82, 2.24) is 0 Å². The van der Waals surface area contributed by atoms with Gasteiger partial charge >= 0.3 is 5.97 Å². The number of hydrogen-bond acceptors (Lipinski definition) is 1. The predicted octanol–water partition coefficient (Wildman–Crippen LogP) is 3.47. The molecule has 0 aliphatic heterocycles. The number of hydrogen-bond donors (Lipinski definition) is 1. The Morgan fingerprint density at radius 1 is 1.00 bits per heavy atom. The van der Waals surface area contributed by atoms with Crippen molar-refractivity contribution in [3.05, 3.63) is 59.4 Å². The summed E-state index contributed by atoms with van der Waals surface area (Å²) in [7, 11) is 0. The van der Waals surface area contributed by atoms with Gasteiger partial charge in [-0.1, -0.05) is 18.2 Å². The number of rotatable bonds is 2. The van der Waals surface area contributed by atoms with Gasteiger partial charge in [-0.25, -0.2) is 18.0 Å². The van der Waals surface area contributed by atoms with Crippen LogP contribution < -0.4 is 0 Å². The lowest BCUT2D eigenvalue weighted by atomic mass is 10.0. The zero-order chi connectivity index (χ0) is 13.3. The molecule has 0 aliphatic carbocycles. The van der Waals surface area contributed by atoms with Gasteiger partial charge in [-0.15, -0.1) is 0 Å². The molecule has 0 unspecified atom stereocenters. The van der Waals surface area contributed by atoms with Gasteiger partial charge in [0.1, 0.15) is 5.82 Å². The van der Waals surface area contributed by atoms with E-state index in [0.717, 1.165) is 18.2 Å². The Bertz CT molecular complexity index is 624. The van der Waals surface area contributed by atoms with Crippen molar-refractivity contribution in [2.45, 2.75) is 0 Å². The SMILES string of the molecule is O=C(O)c1ccc(-c2cccc(F)c2)c(F)c1F. The molecule has 92 valence electrons. The summed E-state index contributed by atoms with van der Waals surface area (Å²) in [5.74, 6) is -4.91. The smallest absolute Gasteiger partial charge is 0.338 e. The van der Waals surface area contributed by atoms with Crippen molar-refractivity contribution < 1.29 is 23.1 Å². The Hall–Kier alpha value is -2.30. The Labute approximate surface area is 100 Å². The van der Waals surface area contributed by atoms with Crippen LogP contribution in [-0.4, -0.2) is 11.1 Å². The first-order chi connectivity index (χ1) is 8.50. The molecule has 0 bridgehead atoms. The normalized spacial score (nSPS) is 10.4. The molecule has 0 spiro atoms. The number of carboxylic acid groups (broad SMARTS) is 1. The largest absolute Gasteiger partial charge is 0.478 e. The highest BCUT2D eigenvalue weighted by molar-refractivity contribution is 5.88. The van der Waals surface area contributed by atoms with Crippen molar-refractivity contribution in [2.24, 2.45) is 0 Å². The van der Waals surface area contributed by atoms with E-state index in [1.54, 1.807) is 0 Å². The summed E-state index contributed by atoms with van der Waals surface area (Å²) in [6.45, 7) is 0. The minimum Gasteiger partial charge on any atom is -0.478 e. The van der Waals surface area contributed by atoms with Crippen LogP contribution in [0.4, 0.5) is 13.2 Å². The van der Waals surface area contributed by atoms with Crippen molar-refractivity contribution >= 4 is 5.97 Å². The van der Waals surface area contributed by atoms with Crippen LogP contribution >= 0.6 is 0 Å². The highest BCUT2D eigenvalue weighted by Gasteiger charge is 2.18. The average molecular weight is 252 g/mol. The third kappa shape index (κ3) is 2.07. The van der Waals surface area contributed by atoms with Gasteiger partial charge in [0.05, 0.1) is 5.56 Å². The molecule has 0 aromatic heterocycles. The first-order valence-electron chi connectivity index (χ1n) is 4.98. The summed E-state index contributed by atoms with van der Waals surface area (Å²) in [5, 5.41) is 8.63. The zero-order valence-corrected chi connectivity index (χ0v) is 8.95. The van der Waals surface area contributed by atoms with Crippen molar-refractivity contribution in [3.63, 3.8) is 0 Å². The summed E-state index contributed by atoms with van der Waals surface area (Å²) >= 11 is 0. The van der Waals surface area contributed by atoms with Crippen LogP contribution in [0.3, 0.4) is 0 Å². The van der Waals surface area contributed by atoms with E-state index in [2.05, 4.69) is 0 Å². The second kappa shape index (κ2) is 4.52. The monoisotopic (exact) mass is 252 g/mol. The number of benzene rings is 2. The van der Waals surface area contributed by atoms with Gasteiger partial charge in [0.25, 0.3) is 0 Å². The maximum absolute atomic E-state index is 13.7. The maximum atomic E-state index is 13.7. The van der Waals surface area contributed by atoms with E-state index in [1.807, 2.05) is 0 Å². The first kappa shape index (κ1) is 12.2. The Balaban J connectivity index is 2.61. The van der Waals surface area contributed by atoms with Gasteiger partial charge < -0.3 is 5.11 Å². The van der Waals surface area contributed by atoms with Gasteiger partial charge in [-0.2, -0.15) is 0 Å². The van der Waals surface area contributed by atoms with Crippen LogP contribution in [0.5, 0.6) is 0 Å². The molecule has 2 rings (SSSR count). The van der Waals surface area contributed by atoms with E-state index < -0.39 is 29.0 Å². The van der Waals surface area contributed by atoms with Gasteiger partial charge in [-0.05, 0) is 23.8 Å². The molecule has 2 nitrogen and oxygen atoms in total. The molecule has 18 heavy (non-hydrogen) atoms. The fourth-order valence-corrected chi connectivity index (χ4v) is 1.59. The lowest BCUT2D eigenvalue weighted by molar-refractivity contribution is 0.0690. The number of carbonyl (C=O) groups is 1. The van der Waals surface area contributed by atoms with E-state index in [0.29, 0.717) is 0 Å². The highest BCUT2D eigenvalue weighted by Crippen LogP contribution is 2.26. The second-order valence-electron chi connectivity index (χ2n) is 3.60. The molecule has 0 atom stereocenters. The average Bonchev–Trinajstić information content (AvgIpc) is 2.32. The molecule has 2 aromatic carbocycles. The minimum absolute atomic E-state index is 0.142. The molecule has 0 fully saturated rings. The minimum atomic E-state index is -1.56.